The zero-order valence-electron chi connectivity index (χ0n) is 11.6. The van der Waals surface area contributed by atoms with Gasteiger partial charge in [0.15, 0.2) is 0 Å². The summed E-state index contributed by atoms with van der Waals surface area (Å²) in [4.78, 5) is 10.8. The third-order valence-corrected chi connectivity index (χ3v) is 3.82. The first-order valence-corrected chi connectivity index (χ1v) is 7.38. The van der Waals surface area contributed by atoms with Crippen molar-refractivity contribution >= 4 is 38.2 Å². The van der Waals surface area contributed by atoms with Crippen LogP contribution in [-0.2, 0) is 6.54 Å². The average molecular weight is 343 g/mol. The monoisotopic (exact) mass is 342 g/mol. The molecule has 5 heteroatoms. The molecule has 2 heterocycles. The van der Waals surface area contributed by atoms with Crippen molar-refractivity contribution in [2.45, 2.75) is 6.54 Å². The first-order valence-electron chi connectivity index (χ1n) is 6.59. The molecule has 2 aromatic heterocycles. The largest absolute Gasteiger partial charge is 0.398 e. The normalized spacial score (nSPS) is 10.8. The summed E-state index contributed by atoms with van der Waals surface area (Å²) in [6.45, 7) is 0.768. The van der Waals surface area contributed by atoms with Crippen LogP contribution in [-0.4, -0.2) is 17.0 Å². The Hall–Kier alpha value is -2.14. The standard InChI is InChI=1S/C16H15BrN4/c1-21(10-11-3-2-6-19-8-11)15-5-4-14(18)13-7-12(17)9-20-16(13)15/h2-9H,10,18H2,1H3. The molecular weight excluding hydrogens is 328 g/mol. The number of nitrogen functional groups attached to an aromatic ring is 1. The number of pyridine rings is 2. The molecule has 0 saturated heterocycles. The number of nitrogens with two attached hydrogens (primary N) is 1. The first kappa shape index (κ1) is 13.8. The molecule has 0 amide bonds. The van der Waals surface area contributed by atoms with Crippen LogP contribution in [0.2, 0.25) is 0 Å². The van der Waals surface area contributed by atoms with Crippen LogP contribution < -0.4 is 10.6 Å². The van der Waals surface area contributed by atoms with Gasteiger partial charge in [0, 0.05) is 47.7 Å². The van der Waals surface area contributed by atoms with Gasteiger partial charge in [-0.1, -0.05) is 6.07 Å². The topological polar surface area (TPSA) is 55.0 Å². The second-order valence-electron chi connectivity index (χ2n) is 4.94. The SMILES string of the molecule is CN(Cc1cccnc1)c1ccc(N)c2cc(Br)cnc12. The Labute approximate surface area is 131 Å². The van der Waals surface area contributed by atoms with E-state index in [1.165, 1.54) is 0 Å². The molecular formula is C16H15BrN4. The van der Waals surface area contributed by atoms with E-state index < -0.39 is 0 Å². The molecule has 3 rings (SSSR count). The van der Waals surface area contributed by atoms with Crippen molar-refractivity contribution in [3.8, 4) is 0 Å². The highest BCUT2D eigenvalue weighted by molar-refractivity contribution is 9.10. The molecule has 0 fully saturated rings. The Morgan fingerprint density at radius 2 is 2.10 bits per heavy atom. The van der Waals surface area contributed by atoms with Crippen molar-refractivity contribution in [2.75, 3.05) is 17.7 Å². The summed E-state index contributed by atoms with van der Waals surface area (Å²) >= 11 is 3.44. The summed E-state index contributed by atoms with van der Waals surface area (Å²) < 4.78 is 0.925. The number of aromatic nitrogens is 2. The van der Waals surface area contributed by atoms with Crippen LogP contribution in [0.4, 0.5) is 11.4 Å². The molecule has 0 bridgehead atoms. The Morgan fingerprint density at radius 1 is 1.24 bits per heavy atom. The minimum absolute atomic E-state index is 0.734. The lowest BCUT2D eigenvalue weighted by Gasteiger charge is -2.21. The molecule has 0 spiro atoms. The predicted molar refractivity (Wildman–Crippen MR) is 90.2 cm³/mol. The summed E-state index contributed by atoms with van der Waals surface area (Å²) in [5, 5.41) is 0.958. The molecule has 21 heavy (non-hydrogen) atoms. The van der Waals surface area contributed by atoms with Crippen molar-refractivity contribution in [1.29, 1.82) is 0 Å². The molecule has 0 unspecified atom stereocenters. The van der Waals surface area contributed by atoms with E-state index in [9.17, 15) is 0 Å². The summed E-state index contributed by atoms with van der Waals surface area (Å²) in [5.41, 5.74) is 9.90. The lowest BCUT2D eigenvalue weighted by molar-refractivity contribution is 0.918. The van der Waals surface area contributed by atoms with Gasteiger partial charge >= 0.3 is 0 Å². The zero-order chi connectivity index (χ0) is 14.8. The van der Waals surface area contributed by atoms with Gasteiger partial charge in [-0.3, -0.25) is 9.97 Å². The van der Waals surface area contributed by atoms with E-state index in [-0.39, 0.29) is 0 Å². The predicted octanol–water partition coefficient (Wildman–Crippen LogP) is 3.61. The minimum Gasteiger partial charge on any atom is -0.398 e. The number of hydrogen-bond acceptors (Lipinski definition) is 4. The van der Waals surface area contributed by atoms with E-state index in [0.717, 1.165) is 38.9 Å². The van der Waals surface area contributed by atoms with Gasteiger partial charge in [0.25, 0.3) is 0 Å². The van der Waals surface area contributed by atoms with Gasteiger partial charge in [-0.25, -0.2) is 0 Å². The Kier molecular flexibility index (Phi) is 3.75. The van der Waals surface area contributed by atoms with Gasteiger partial charge < -0.3 is 10.6 Å². The number of anilines is 2. The molecule has 2 N–H and O–H groups in total. The highest BCUT2D eigenvalue weighted by Crippen LogP contribution is 2.31. The van der Waals surface area contributed by atoms with E-state index in [2.05, 4.69) is 36.9 Å². The fourth-order valence-corrected chi connectivity index (χ4v) is 2.69. The second kappa shape index (κ2) is 5.69. The van der Waals surface area contributed by atoms with Gasteiger partial charge in [-0.15, -0.1) is 0 Å². The van der Waals surface area contributed by atoms with Crippen molar-refractivity contribution in [3.63, 3.8) is 0 Å². The van der Waals surface area contributed by atoms with Crippen LogP contribution >= 0.6 is 15.9 Å². The van der Waals surface area contributed by atoms with Gasteiger partial charge in [-0.2, -0.15) is 0 Å². The molecule has 106 valence electrons. The molecule has 0 radical (unpaired) electrons. The van der Waals surface area contributed by atoms with Crippen LogP contribution in [0.3, 0.4) is 0 Å². The maximum atomic E-state index is 6.06. The van der Waals surface area contributed by atoms with E-state index >= 15 is 0 Å². The van der Waals surface area contributed by atoms with Gasteiger partial charge in [0.05, 0.1) is 11.2 Å². The van der Waals surface area contributed by atoms with Crippen LogP contribution in [0, 0.1) is 0 Å². The number of hydrogen-bond donors (Lipinski definition) is 1. The number of rotatable bonds is 3. The highest BCUT2D eigenvalue weighted by atomic mass is 79.9. The van der Waals surface area contributed by atoms with E-state index in [1.54, 1.807) is 12.4 Å². The van der Waals surface area contributed by atoms with Crippen molar-refractivity contribution in [1.82, 2.24) is 9.97 Å². The minimum atomic E-state index is 0.734. The van der Waals surface area contributed by atoms with Gasteiger partial charge in [-0.05, 0) is 45.8 Å². The van der Waals surface area contributed by atoms with Crippen molar-refractivity contribution in [2.24, 2.45) is 0 Å². The van der Waals surface area contributed by atoms with Crippen LogP contribution in [0.1, 0.15) is 5.56 Å². The molecule has 1 aromatic carbocycles. The molecule has 0 aliphatic heterocycles. The maximum Gasteiger partial charge on any atom is 0.0956 e. The van der Waals surface area contributed by atoms with E-state index in [1.807, 2.05) is 37.5 Å². The lowest BCUT2D eigenvalue weighted by Crippen LogP contribution is -2.17. The van der Waals surface area contributed by atoms with Crippen LogP contribution in [0.15, 0.2) is 53.4 Å². The molecule has 0 atom stereocenters. The number of benzene rings is 1. The quantitative estimate of drug-likeness (QED) is 0.738. The number of fused-ring (bicyclic) bond motifs is 1. The average Bonchev–Trinajstić information content (AvgIpc) is 2.49. The molecule has 0 saturated carbocycles. The van der Waals surface area contributed by atoms with Gasteiger partial charge in [0.1, 0.15) is 0 Å². The lowest BCUT2D eigenvalue weighted by atomic mass is 10.1. The summed E-state index contributed by atoms with van der Waals surface area (Å²) in [5.74, 6) is 0. The Morgan fingerprint density at radius 3 is 2.86 bits per heavy atom. The maximum absolute atomic E-state index is 6.06. The van der Waals surface area contributed by atoms with Crippen LogP contribution in [0.25, 0.3) is 10.9 Å². The smallest absolute Gasteiger partial charge is 0.0956 e. The fraction of sp³-hybridized carbons (Fsp3) is 0.125. The molecule has 3 aromatic rings. The molecule has 0 aliphatic rings. The van der Waals surface area contributed by atoms with Crippen molar-refractivity contribution < 1.29 is 0 Å². The summed E-state index contributed by atoms with van der Waals surface area (Å²) in [7, 11) is 2.04. The Balaban J connectivity index is 2.02. The zero-order valence-corrected chi connectivity index (χ0v) is 13.2. The Bertz CT molecular complexity index is 774. The second-order valence-corrected chi connectivity index (χ2v) is 5.86. The third-order valence-electron chi connectivity index (χ3n) is 3.38. The number of nitrogens with zero attached hydrogens (tertiary/aromatic N) is 3. The summed E-state index contributed by atoms with van der Waals surface area (Å²) in [6.07, 6.45) is 5.45. The van der Waals surface area contributed by atoms with Crippen molar-refractivity contribution in [3.05, 3.63) is 59.0 Å². The first-order chi connectivity index (χ1) is 10.1. The van der Waals surface area contributed by atoms with E-state index in [4.69, 9.17) is 5.73 Å². The third kappa shape index (κ3) is 2.83. The molecule has 0 aliphatic carbocycles. The summed E-state index contributed by atoms with van der Waals surface area (Å²) in [6, 6.07) is 9.94. The fourth-order valence-electron chi connectivity index (χ4n) is 2.36. The van der Waals surface area contributed by atoms with E-state index in [0.29, 0.717) is 0 Å². The van der Waals surface area contributed by atoms with Crippen LogP contribution in [0.5, 0.6) is 0 Å². The highest BCUT2D eigenvalue weighted by Gasteiger charge is 2.10. The number of halogens is 1. The molecule has 4 nitrogen and oxygen atoms in total. The van der Waals surface area contributed by atoms with Gasteiger partial charge in [0.2, 0.25) is 0 Å².